The Hall–Kier alpha value is -0.940. The van der Waals surface area contributed by atoms with Crippen LogP contribution in [-0.2, 0) is 14.3 Å². The fraction of sp³-hybridized carbons (Fsp3) is 0.800. The molecule has 0 aromatic rings. The van der Waals surface area contributed by atoms with Crippen LogP contribution in [0.15, 0.2) is 0 Å². The number of imide groups is 1. The van der Waals surface area contributed by atoms with E-state index in [1.807, 2.05) is 0 Å². The van der Waals surface area contributed by atoms with Crippen molar-refractivity contribution in [2.45, 2.75) is 25.4 Å². The monoisotopic (exact) mass is 212 g/mol. The van der Waals surface area contributed by atoms with Crippen LogP contribution in [0.3, 0.4) is 0 Å². The van der Waals surface area contributed by atoms with Gasteiger partial charge in [-0.25, -0.2) is 0 Å². The molecule has 2 rings (SSSR count). The molecule has 1 atom stereocenters. The lowest BCUT2D eigenvalue weighted by Gasteiger charge is -2.27. The average Bonchev–Trinajstić information content (AvgIpc) is 2.16. The van der Waals surface area contributed by atoms with Gasteiger partial charge < -0.3 is 10.1 Å². The zero-order valence-electron chi connectivity index (χ0n) is 8.62. The van der Waals surface area contributed by atoms with Crippen molar-refractivity contribution < 1.29 is 14.3 Å². The molecule has 0 bridgehead atoms. The molecule has 0 radical (unpaired) electrons. The van der Waals surface area contributed by atoms with Crippen LogP contribution < -0.4 is 10.6 Å². The van der Waals surface area contributed by atoms with E-state index < -0.39 is 6.10 Å². The number of rotatable bonds is 2. The first-order chi connectivity index (χ1) is 7.27. The maximum absolute atomic E-state index is 11.6. The molecule has 1 unspecified atom stereocenters. The molecule has 5 nitrogen and oxygen atoms in total. The van der Waals surface area contributed by atoms with E-state index in [4.69, 9.17) is 4.74 Å². The van der Waals surface area contributed by atoms with Crippen LogP contribution in [0.4, 0.5) is 0 Å². The molecule has 2 aliphatic rings. The summed E-state index contributed by atoms with van der Waals surface area (Å²) in [6.07, 6.45) is 2.31. The Morgan fingerprint density at radius 2 is 2.00 bits per heavy atom. The van der Waals surface area contributed by atoms with Gasteiger partial charge in [0.05, 0.1) is 5.92 Å². The molecule has 2 N–H and O–H groups in total. The van der Waals surface area contributed by atoms with Crippen LogP contribution in [0.2, 0.25) is 0 Å². The number of carbonyl (C=O) groups is 2. The molecule has 2 saturated heterocycles. The van der Waals surface area contributed by atoms with E-state index >= 15 is 0 Å². The van der Waals surface area contributed by atoms with Gasteiger partial charge >= 0.3 is 0 Å². The van der Waals surface area contributed by atoms with Gasteiger partial charge in [0.15, 0.2) is 0 Å². The van der Waals surface area contributed by atoms with Crippen molar-refractivity contribution in [1.29, 1.82) is 0 Å². The Bertz CT molecular complexity index is 257. The molecular formula is C10H16N2O3. The van der Waals surface area contributed by atoms with Gasteiger partial charge in [0.25, 0.3) is 5.91 Å². The van der Waals surface area contributed by atoms with E-state index in [2.05, 4.69) is 10.6 Å². The van der Waals surface area contributed by atoms with Gasteiger partial charge in [-0.3, -0.25) is 14.9 Å². The topological polar surface area (TPSA) is 67.4 Å². The summed E-state index contributed by atoms with van der Waals surface area (Å²) in [5, 5.41) is 5.40. The molecule has 0 spiro atoms. The first kappa shape index (κ1) is 10.6. The van der Waals surface area contributed by atoms with Crippen molar-refractivity contribution in [3.05, 3.63) is 0 Å². The van der Waals surface area contributed by atoms with E-state index in [0.29, 0.717) is 19.7 Å². The normalized spacial score (nSPS) is 26.8. The minimum absolute atomic E-state index is 0.0439. The molecule has 15 heavy (non-hydrogen) atoms. The van der Waals surface area contributed by atoms with Gasteiger partial charge in [0.2, 0.25) is 5.91 Å². The molecule has 2 aliphatic heterocycles. The van der Waals surface area contributed by atoms with Crippen molar-refractivity contribution in [2.24, 2.45) is 5.92 Å². The average molecular weight is 212 g/mol. The Balaban J connectivity index is 1.77. The summed E-state index contributed by atoms with van der Waals surface area (Å²) in [7, 11) is 0. The highest BCUT2D eigenvalue weighted by Gasteiger charge is 2.29. The molecule has 0 aromatic heterocycles. The van der Waals surface area contributed by atoms with Crippen molar-refractivity contribution in [1.82, 2.24) is 10.6 Å². The first-order valence-electron chi connectivity index (χ1n) is 5.44. The Morgan fingerprint density at radius 1 is 1.20 bits per heavy atom. The summed E-state index contributed by atoms with van der Waals surface area (Å²) in [5.74, 6) is -0.489. The molecule has 2 heterocycles. The highest BCUT2D eigenvalue weighted by molar-refractivity contribution is 5.98. The number of amides is 2. The largest absolute Gasteiger partial charge is 0.368 e. The Kier molecular flexibility index (Phi) is 3.33. The number of hydrogen-bond donors (Lipinski definition) is 2. The Labute approximate surface area is 88.5 Å². The van der Waals surface area contributed by atoms with Crippen LogP contribution in [-0.4, -0.2) is 37.6 Å². The van der Waals surface area contributed by atoms with Gasteiger partial charge in [-0.1, -0.05) is 0 Å². The molecule has 0 aliphatic carbocycles. The lowest BCUT2D eigenvalue weighted by atomic mass is 10.0. The smallest absolute Gasteiger partial charge is 0.255 e. The van der Waals surface area contributed by atoms with Crippen LogP contribution >= 0.6 is 0 Å². The number of ether oxygens (including phenoxy) is 1. The number of hydrogen-bond acceptors (Lipinski definition) is 4. The molecule has 84 valence electrons. The van der Waals surface area contributed by atoms with E-state index in [-0.39, 0.29) is 17.7 Å². The van der Waals surface area contributed by atoms with E-state index in [1.165, 1.54) is 0 Å². The summed E-state index contributed by atoms with van der Waals surface area (Å²) >= 11 is 0. The highest BCUT2D eigenvalue weighted by Crippen LogP contribution is 2.13. The van der Waals surface area contributed by atoms with Crippen LogP contribution in [0.5, 0.6) is 0 Å². The SMILES string of the molecule is O=C(NC(=O)C1CCCCO1)C1CNC1. The summed E-state index contributed by atoms with van der Waals surface area (Å²) in [4.78, 5) is 23.0. The maximum atomic E-state index is 11.6. The van der Waals surface area contributed by atoms with E-state index in [0.717, 1.165) is 19.3 Å². The second-order valence-electron chi connectivity index (χ2n) is 4.06. The minimum Gasteiger partial charge on any atom is -0.368 e. The standard InChI is InChI=1S/C10H16N2O3/c13-9(7-5-11-6-7)12-10(14)8-3-1-2-4-15-8/h7-8,11H,1-6H2,(H,12,13,14). The van der Waals surface area contributed by atoms with Crippen molar-refractivity contribution in [3.63, 3.8) is 0 Å². The molecule has 0 saturated carbocycles. The van der Waals surface area contributed by atoms with Crippen LogP contribution in [0, 0.1) is 5.92 Å². The third-order valence-corrected chi connectivity index (χ3v) is 2.87. The van der Waals surface area contributed by atoms with Crippen LogP contribution in [0.25, 0.3) is 0 Å². The lowest BCUT2D eigenvalue weighted by Crippen LogP contribution is -2.53. The summed E-state index contributed by atoms with van der Waals surface area (Å²) in [6, 6.07) is 0. The quantitative estimate of drug-likeness (QED) is 0.601. The van der Waals surface area contributed by atoms with Crippen molar-refractivity contribution in [2.75, 3.05) is 19.7 Å². The predicted molar refractivity (Wildman–Crippen MR) is 53.1 cm³/mol. The van der Waals surface area contributed by atoms with Gasteiger partial charge in [0.1, 0.15) is 6.10 Å². The number of carbonyl (C=O) groups excluding carboxylic acids is 2. The highest BCUT2D eigenvalue weighted by atomic mass is 16.5. The molecular weight excluding hydrogens is 196 g/mol. The summed E-state index contributed by atoms with van der Waals surface area (Å²) < 4.78 is 5.29. The zero-order valence-corrected chi connectivity index (χ0v) is 8.62. The Morgan fingerprint density at radius 3 is 2.53 bits per heavy atom. The fourth-order valence-electron chi connectivity index (χ4n) is 1.73. The summed E-state index contributed by atoms with van der Waals surface area (Å²) in [6.45, 7) is 1.96. The third-order valence-electron chi connectivity index (χ3n) is 2.87. The zero-order chi connectivity index (χ0) is 10.7. The second kappa shape index (κ2) is 4.72. The number of nitrogens with one attached hydrogen (secondary N) is 2. The second-order valence-corrected chi connectivity index (χ2v) is 4.06. The van der Waals surface area contributed by atoms with Gasteiger partial charge in [-0.15, -0.1) is 0 Å². The molecule has 2 amide bonds. The van der Waals surface area contributed by atoms with Gasteiger partial charge in [0, 0.05) is 19.7 Å². The molecule has 5 heteroatoms. The van der Waals surface area contributed by atoms with Gasteiger partial charge in [-0.2, -0.15) is 0 Å². The predicted octanol–water partition coefficient (Wildman–Crippen LogP) is -0.582. The maximum Gasteiger partial charge on any atom is 0.255 e. The first-order valence-corrected chi connectivity index (χ1v) is 5.44. The third kappa shape index (κ3) is 2.54. The molecule has 2 fully saturated rings. The van der Waals surface area contributed by atoms with E-state index in [9.17, 15) is 9.59 Å². The molecule has 0 aromatic carbocycles. The minimum atomic E-state index is -0.421. The summed E-state index contributed by atoms with van der Waals surface area (Å²) in [5.41, 5.74) is 0. The van der Waals surface area contributed by atoms with E-state index in [1.54, 1.807) is 0 Å². The van der Waals surface area contributed by atoms with Crippen molar-refractivity contribution >= 4 is 11.8 Å². The fourth-order valence-corrected chi connectivity index (χ4v) is 1.73. The van der Waals surface area contributed by atoms with Gasteiger partial charge in [-0.05, 0) is 19.3 Å². The lowest BCUT2D eigenvalue weighted by molar-refractivity contribution is -0.142. The van der Waals surface area contributed by atoms with Crippen LogP contribution in [0.1, 0.15) is 19.3 Å². The van der Waals surface area contributed by atoms with Crippen molar-refractivity contribution in [3.8, 4) is 0 Å².